The number of para-hydroxylation sites is 1. The number of imidazole rings is 1. The van der Waals surface area contributed by atoms with Gasteiger partial charge in [0.2, 0.25) is 0 Å². The minimum absolute atomic E-state index is 0.0432. The van der Waals surface area contributed by atoms with E-state index in [2.05, 4.69) is 99.1 Å². The molecule has 4 rings (SSSR count). The molecule has 0 unspecified atom stereocenters. The number of rotatable bonds is 5. The van der Waals surface area contributed by atoms with Crippen LogP contribution in [0.1, 0.15) is 39.7 Å². The molecule has 1 aromatic heterocycles. The SMILES string of the molecule is CC[C@@H](C)C(C)(C)c1cc2ccccc2cc1-c1nccn1-c1ccccc1. The van der Waals surface area contributed by atoms with Crippen molar-refractivity contribution in [3.63, 3.8) is 0 Å². The van der Waals surface area contributed by atoms with Crippen LogP contribution in [0.5, 0.6) is 0 Å². The lowest BCUT2D eigenvalue weighted by molar-refractivity contribution is 0.336. The summed E-state index contributed by atoms with van der Waals surface area (Å²) in [6.07, 6.45) is 5.10. The predicted molar refractivity (Wildman–Crippen MR) is 119 cm³/mol. The summed E-state index contributed by atoms with van der Waals surface area (Å²) in [6.45, 7) is 9.36. The third-order valence-corrected chi connectivity index (χ3v) is 6.34. The highest BCUT2D eigenvalue weighted by Crippen LogP contribution is 2.41. The number of benzene rings is 3. The van der Waals surface area contributed by atoms with Crippen molar-refractivity contribution in [3.05, 3.63) is 84.7 Å². The van der Waals surface area contributed by atoms with E-state index in [1.165, 1.54) is 21.9 Å². The molecule has 0 aliphatic carbocycles. The van der Waals surface area contributed by atoms with Gasteiger partial charge < -0.3 is 0 Å². The molecule has 3 aromatic carbocycles. The molecule has 0 fully saturated rings. The standard InChI is InChI=1S/C26H28N2/c1-5-19(2)26(3,4)24-18-21-12-10-9-11-20(21)17-23(24)25-27-15-16-28(25)22-13-7-6-8-14-22/h6-19H,5H2,1-4H3/t19-/m1/s1. The average Bonchev–Trinajstić information content (AvgIpc) is 3.22. The lowest BCUT2D eigenvalue weighted by Crippen LogP contribution is -2.27. The zero-order valence-corrected chi connectivity index (χ0v) is 17.2. The molecule has 0 bridgehead atoms. The Morgan fingerprint density at radius 1 is 0.929 bits per heavy atom. The zero-order chi connectivity index (χ0) is 19.7. The van der Waals surface area contributed by atoms with Gasteiger partial charge in [-0.2, -0.15) is 0 Å². The van der Waals surface area contributed by atoms with E-state index in [0.29, 0.717) is 5.92 Å². The van der Waals surface area contributed by atoms with Crippen LogP contribution in [0.15, 0.2) is 79.1 Å². The Bertz CT molecular complexity index is 1090. The minimum atomic E-state index is 0.0432. The van der Waals surface area contributed by atoms with Gasteiger partial charge in [-0.15, -0.1) is 0 Å². The van der Waals surface area contributed by atoms with E-state index in [1.54, 1.807) is 0 Å². The molecular formula is C26H28N2. The molecule has 142 valence electrons. The summed E-state index contributed by atoms with van der Waals surface area (Å²) in [4.78, 5) is 4.79. The van der Waals surface area contributed by atoms with Gasteiger partial charge >= 0.3 is 0 Å². The van der Waals surface area contributed by atoms with Gasteiger partial charge in [0.05, 0.1) is 0 Å². The summed E-state index contributed by atoms with van der Waals surface area (Å²) < 4.78 is 2.19. The van der Waals surface area contributed by atoms with E-state index in [9.17, 15) is 0 Å². The first-order valence-electron chi connectivity index (χ1n) is 10.1. The van der Waals surface area contributed by atoms with Crippen molar-refractivity contribution in [2.45, 2.75) is 39.5 Å². The Hall–Kier alpha value is -2.87. The maximum Gasteiger partial charge on any atom is 0.144 e. The Labute approximate surface area is 167 Å². The fraction of sp³-hybridized carbons (Fsp3) is 0.269. The Balaban J connectivity index is 2.00. The van der Waals surface area contributed by atoms with Crippen LogP contribution in [0.4, 0.5) is 0 Å². The van der Waals surface area contributed by atoms with E-state index in [0.717, 1.165) is 17.9 Å². The lowest BCUT2D eigenvalue weighted by atomic mass is 9.71. The number of nitrogens with zero attached hydrogens (tertiary/aromatic N) is 2. The normalized spacial score (nSPS) is 13.0. The third-order valence-electron chi connectivity index (χ3n) is 6.34. The van der Waals surface area contributed by atoms with Crippen LogP contribution in [0.3, 0.4) is 0 Å². The highest BCUT2D eigenvalue weighted by Gasteiger charge is 2.30. The van der Waals surface area contributed by atoms with Crippen LogP contribution < -0.4 is 0 Å². The van der Waals surface area contributed by atoms with Crippen molar-refractivity contribution in [2.24, 2.45) is 5.92 Å². The second-order valence-electron chi connectivity index (χ2n) is 8.23. The highest BCUT2D eigenvalue weighted by molar-refractivity contribution is 5.89. The molecule has 0 saturated carbocycles. The van der Waals surface area contributed by atoms with Gasteiger partial charge in [-0.1, -0.05) is 76.6 Å². The van der Waals surface area contributed by atoms with E-state index in [1.807, 2.05) is 12.3 Å². The maximum absolute atomic E-state index is 4.79. The summed E-state index contributed by atoms with van der Waals surface area (Å²) in [7, 11) is 0. The molecule has 4 aromatic rings. The first-order chi connectivity index (χ1) is 13.5. The summed E-state index contributed by atoms with van der Waals surface area (Å²) in [5.74, 6) is 1.57. The molecule has 1 atom stereocenters. The number of hydrogen-bond donors (Lipinski definition) is 0. The third kappa shape index (κ3) is 3.13. The van der Waals surface area contributed by atoms with E-state index >= 15 is 0 Å². The lowest BCUT2D eigenvalue weighted by Gasteiger charge is -2.34. The van der Waals surface area contributed by atoms with Crippen molar-refractivity contribution in [1.82, 2.24) is 9.55 Å². The number of fused-ring (bicyclic) bond motifs is 1. The smallest absolute Gasteiger partial charge is 0.144 e. The quantitative estimate of drug-likeness (QED) is 0.370. The van der Waals surface area contributed by atoms with E-state index in [-0.39, 0.29) is 5.41 Å². The molecule has 0 aliphatic rings. The van der Waals surface area contributed by atoms with Crippen LogP contribution in [0, 0.1) is 5.92 Å². The van der Waals surface area contributed by atoms with Crippen molar-refractivity contribution in [3.8, 4) is 17.1 Å². The van der Waals surface area contributed by atoms with E-state index < -0.39 is 0 Å². The van der Waals surface area contributed by atoms with Gasteiger partial charge in [-0.05, 0) is 51.9 Å². The molecule has 0 aliphatic heterocycles. The summed E-state index contributed by atoms with van der Waals surface area (Å²) in [6, 6.07) is 23.8. The molecule has 0 N–H and O–H groups in total. The minimum Gasteiger partial charge on any atom is -0.300 e. The second-order valence-corrected chi connectivity index (χ2v) is 8.23. The molecule has 2 nitrogen and oxygen atoms in total. The van der Waals surface area contributed by atoms with Crippen LogP contribution in [0.2, 0.25) is 0 Å². The topological polar surface area (TPSA) is 17.8 Å². The largest absolute Gasteiger partial charge is 0.300 e. The average molecular weight is 369 g/mol. The number of aromatic nitrogens is 2. The molecule has 0 saturated heterocycles. The summed E-state index contributed by atoms with van der Waals surface area (Å²) >= 11 is 0. The molecule has 2 heteroatoms. The fourth-order valence-corrected chi connectivity index (χ4v) is 4.03. The Morgan fingerprint density at radius 2 is 1.57 bits per heavy atom. The van der Waals surface area contributed by atoms with Crippen LogP contribution in [-0.2, 0) is 5.41 Å². The summed E-state index contributed by atoms with van der Waals surface area (Å²) in [5, 5.41) is 2.54. The molecule has 0 spiro atoms. The molecule has 0 amide bonds. The number of hydrogen-bond acceptors (Lipinski definition) is 1. The van der Waals surface area contributed by atoms with Gasteiger partial charge in [0.1, 0.15) is 5.82 Å². The Kier molecular flexibility index (Phi) is 4.80. The van der Waals surface area contributed by atoms with E-state index in [4.69, 9.17) is 4.98 Å². The van der Waals surface area contributed by atoms with Crippen LogP contribution in [-0.4, -0.2) is 9.55 Å². The molecular weight excluding hydrogens is 340 g/mol. The van der Waals surface area contributed by atoms with Crippen molar-refractivity contribution in [1.29, 1.82) is 0 Å². The van der Waals surface area contributed by atoms with Crippen molar-refractivity contribution < 1.29 is 0 Å². The zero-order valence-electron chi connectivity index (χ0n) is 17.2. The fourth-order valence-electron chi connectivity index (χ4n) is 4.03. The van der Waals surface area contributed by atoms with Crippen LogP contribution >= 0.6 is 0 Å². The highest BCUT2D eigenvalue weighted by atomic mass is 15.1. The molecule has 28 heavy (non-hydrogen) atoms. The monoisotopic (exact) mass is 368 g/mol. The van der Waals surface area contributed by atoms with Gasteiger partial charge in [0, 0.05) is 23.6 Å². The predicted octanol–water partition coefficient (Wildman–Crippen LogP) is 7.02. The second kappa shape index (κ2) is 7.27. The van der Waals surface area contributed by atoms with Gasteiger partial charge in [0.15, 0.2) is 0 Å². The first kappa shape index (κ1) is 18.5. The maximum atomic E-state index is 4.79. The van der Waals surface area contributed by atoms with Gasteiger partial charge in [-0.25, -0.2) is 4.98 Å². The van der Waals surface area contributed by atoms with Gasteiger partial charge in [-0.3, -0.25) is 4.57 Å². The first-order valence-corrected chi connectivity index (χ1v) is 10.1. The Morgan fingerprint density at radius 3 is 2.25 bits per heavy atom. The van der Waals surface area contributed by atoms with Crippen molar-refractivity contribution in [2.75, 3.05) is 0 Å². The summed E-state index contributed by atoms with van der Waals surface area (Å²) in [5.41, 5.74) is 3.76. The van der Waals surface area contributed by atoms with Crippen LogP contribution in [0.25, 0.3) is 27.8 Å². The molecule has 0 radical (unpaired) electrons. The van der Waals surface area contributed by atoms with Crippen molar-refractivity contribution >= 4 is 10.8 Å². The van der Waals surface area contributed by atoms with Gasteiger partial charge in [0.25, 0.3) is 0 Å². The molecule has 1 heterocycles.